The van der Waals surface area contributed by atoms with Gasteiger partial charge in [0.05, 0.1) is 5.56 Å². The third-order valence-electron chi connectivity index (χ3n) is 3.27. The summed E-state index contributed by atoms with van der Waals surface area (Å²) in [6, 6.07) is 10.1. The second-order valence-corrected chi connectivity index (χ2v) is 5.96. The number of aryl methyl sites for hydroxylation is 2. The molecule has 0 heterocycles. The molecule has 1 N–H and O–H groups in total. The summed E-state index contributed by atoms with van der Waals surface area (Å²) in [6.07, 6.45) is 3.04. The van der Waals surface area contributed by atoms with Gasteiger partial charge in [-0.05, 0) is 49.2 Å². The molecule has 0 bridgehead atoms. The van der Waals surface area contributed by atoms with E-state index in [0.717, 1.165) is 16.7 Å². The Morgan fingerprint density at radius 1 is 1.14 bits per heavy atom. The predicted molar refractivity (Wildman–Crippen MR) is 91.4 cm³/mol. The molecule has 0 unspecified atom stereocenters. The van der Waals surface area contributed by atoms with Gasteiger partial charge in [0.15, 0.2) is 11.5 Å². The maximum Gasteiger partial charge on any atom is 0.220 e. The quantitative estimate of drug-likeness (QED) is 0.665. The van der Waals surface area contributed by atoms with Crippen molar-refractivity contribution in [3.8, 4) is 5.75 Å². The minimum absolute atomic E-state index is 0.0251. The van der Waals surface area contributed by atoms with Gasteiger partial charge in [0.1, 0.15) is 0 Å². The average Bonchev–Trinajstić information content (AvgIpc) is 2.59. The van der Waals surface area contributed by atoms with E-state index in [1.807, 2.05) is 32.0 Å². The molecule has 22 heavy (non-hydrogen) atoms. The number of hydrogen-bond acceptors (Lipinski definition) is 3. The van der Waals surface area contributed by atoms with E-state index >= 15 is 0 Å². The molecular formula is C18H15BrO3. The minimum atomic E-state index is -0.589. The molecule has 4 heteroatoms. The Labute approximate surface area is 137 Å². The number of halogens is 1. The van der Waals surface area contributed by atoms with Gasteiger partial charge < -0.3 is 5.11 Å². The molecule has 0 radical (unpaired) electrons. The van der Waals surface area contributed by atoms with E-state index in [1.54, 1.807) is 6.08 Å². The number of ketones is 1. The van der Waals surface area contributed by atoms with Crippen molar-refractivity contribution in [2.24, 2.45) is 0 Å². The fourth-order valence-corrected chi connectivity index (χ4v) is 2.44. The first-order chi connectivity index (χ1) is 10.4. The van der Waals surface area contributed by atoms with E-state index in [1.165, 1.54) is 24.3 Å². The van der Waals surface area contributed by atoms with Crippen molar-refractivity contribution >= 4 is 27.8 Å². The van der Waals surface area contributed by atoms with Crippen molar-refractivity contribution in [1.82, 2.24) is 0 Å². The molecule has 0 aromatic heterocycles. The van der Waals surface area contributed by atoms with Crippen LogP contribution in [0.1, 0.15) is 27.0 Å². The lowest BCUT2D eigenvalue weighted by Crippen LogP contribution is -2.01. The van der Waals surface area contributed by atoms with Gasteiger partial charge in [-0.1, -0.05) is 45.8 Å². The van der Waals surface area contributed by atoms with Crippen molar-refractivity contribution in [3.63, 3.8) is 0 Å². The molecule has 0 aliphatic heterocycles. The summed E-state index contributed by atoms with van der Waals surface area (Å²) < 4.78 is 0.549. The number of benzene rings is 1. The highest BCUT2D eigenvalue weighted by atomic mass is 79.9. The number of aromatic hydroxyl groups is 1. The van der Waals surface area contributed by atoms with Crippen molar-refractivity contribution in [2.75, 3.05) is 0 Å². The molecule has 0 aliphatic carbocycles. The van der Waals surface area contributed by atoms with Crippen LogP contribution < -0.4 is 5.43 Å². The summed E-state index contributed by atoms with van der Waals surface area (Å²) in [4.78, 5) is 23.9. The first-order valence-corrected chi connectivity index (χ1v) is 7.50. The molecule has 3 nitrogen and oxygen atoms in total. The van der Waals surface area contributed by atoms with E-state index in [4.69, 9.17) is 0 Å². The van der Waals surface area contributed by atoms with Crippen LogP contribution in [0, 0.1) is 13.8 Å². The predicted octanol–water partition coefficient (Wildman–Crippen LogP) is 4.03. The second kappa shape index (κ2) is 6.71. The molecule has 0 atom stereocenters. The SMILES string of the molecule is Cc1ccc(/C=C/C(=O)c2cc(Br)ccc(=O)c2O)c(C)c1. The van der Waals surface area contributed by atoms with Crippen molar-refractivity contribution in [3.05, 3.63) is 79.4 Å². The Kier molecular flexibility index (Phi) is 4.93. The zero-order chi connectivity index (χ0) is 16.3. The number of rotatable bonds is 3. The van der Waals surface area contributed by atoms with Gasteiger partial charge in [-0.15, -0.1) is 0 Å². The number of allylic oxidation sites excluding steroid dienone is 1. The zero-order valence-electron chi connectivity index (χ0n) is 12.3. The first kappa shape index (κ1) is 16.2. The van der Waals surface area contributed by atoms with E-state index in [2.05, 4.69) is 15.9 Å². The highest BCUT2D eigenvalue weighted by Crippen LogP contribution is 2.18. The van der Waals surface area contributed by atoms with Crippen LogP contribution in [0.3, 0.4) is 0 Å². The lowest BCUT2D eigenvalue weighted by Gasteiger charge is -2.01. The first-order valence-electron chi connectivity index (χ1n) is 6.71. The summed E-state index contributed by atoms with van der Waals surface area (Å²) in [7, 11) is 0. The summed E-state index contributed by atoms with van der Waals surface area (Å²) in [5, 5.41) is 9.85. The molecule has 2 rings (SSSR count). The summed E-state index contributed by atoms with van der Waals surface area (Å²) in [6.45, 7) is 3.96. The van der Waals surface area contributed by atoms with Gasteiger partial charge in [-0.25, -0.2) is 0 Å². The van der Waals surface area contributed by atoms with Crippen LogP contribution in [0.25, 0.3) is 6.08 Å². The molecule has 0 fully saturated rings. The Morgan fingerprint density at radius 2 is 1.86 bits per heavy atom. The fourth-order valence-electron chi connectivity index (χ4n) is 2.08. The summed E-state index contributed by atoms with van der Waals surface area (Å²) >= 11 is 3.22. The van der Waals surface area contributed by atoms with Crippen LogP contribution in [0.15, 0.2) is 51.7 Å². The van der Waals surface area contributed by atoms with Gasteiger partial charge in [-0.3, -0.25) is 9.59 Å². The van der Waals surface area contributed by atoms with E-state index in [9.17, 15) is 14.7 Å². The van der Waals surface area contributed by atoms with Gasteiger partial charge in [-0.2, -0.15) is 0 Å². The molecule has 0 saturated carbocycles. The highest BCUT2D eigenvalue weighted by molar-refractivity contribution is 9.10. The molecule has 0 amide bonds. The van der Waals surface area contributed by atoms with Crippen LogP contribution in [0.5, 0.6) is 5.75 Å². The molecule has 2 aromatic carbocycles. The molecule has 112 valence electrons. The molecule has 0 spiro atoms. The smallest absolute Gasteiger partial charge is 0.220 e. The largest absolute Gasteiger partial charge is 0.504 e. The van der Waals surface area contributed by atoms with Gasteiger partial charge in [0.25, 0.3) is 0 Å². The summed E-state index contributed by atoms with van der Waals surface area (Å²) in [5.74, 6) is -0.965. The van der Waals surface area contributed by atoms with Gasteiger partial charge in [0.2, 0.25) is 5.43 Å². The summed E-state index contributed by atoms with van der Waals surface area (Å²) in [5.41, 5.74) is 2.50. The number of carbonyl (C=O) groups excluding carboxylic acids is 1. The third kappa shape index (κ3) is 3.71. The molecule has 2 aromatic rings. The van der Waals surface area contributed by atoms with Crippen LogP contribution >= 0.6 is 15.9 Å². The monoisotopic (exact) mass is 358 g/mol. The topological polar surface area (TPSA) is 54.4 Å². The number of hydrogen-bond donors (Lipinski definition) is 1. The van der Waals surface area contributed by atoms with Crippen molar-refractivity contribution in [2.45, 2.75) is 13.8 Å². The lowest BCUT2D eigenvalue weighted by atomic mass is 10.0. The van der Waals surface area contributed by atoms with Crippen LogP contribution in [0.4, 0.5) is 0 Å². The molecule has 0 saturated heterocycles. The maximum absolute atomic E-state index is 12.3. The highest BCUT2D eigenvalue weighted by Gasteiger charge is 2.11. The second-order valence-electron chi connectivity index (χ2n) is 5.05. The van der Waals surface area contributed by atoms with Crippen LogP contribution in [0.2, 0.25) is 0 Å². The average molecular weight is 359 g/mol. The Hall–Kier alpha value is -2.20. The Bertz CT molecular complexity index is 823. The van der Waals surface area contributed by atoms with E-state index < -0.39 is 17.0 Å². The standard InChI is InChI=1S/C18H15BrO3/c1-11-3-4-13(12(2)9-11)5-7-16(20)15-10-14(19)6-8-17(21)18(15)22/h3-10H,1-2H3,(H,21,22)/b7-5+. The van der Waals surface area contributed by atoms with Crippen LogP contribution in [-0.2, 0) is 0 Å². The zero-order valence-corrected chi connectivity index (χ0v) is 13.8. The normalized spacial score (nSPS) is 10.9. The minimum Gasteiger partial charge on any atom is -0.504 e. The molecular weight excluding hydrogens is 344 g/mol. The lowest BCUT2D eigenvalue weighted by molar-refractivity contribution is 0.104. The number of carbonyl (C=O) groups is 1. The Balaban J connectivity index is 2.40. The van der Waals surface area contributed by atoms with E-state index in [-0.39, 0.29) is 5.56 Å². The third-order valence-corrected chi connectivity index (χ3v) is 3.76. The molecule has 0 aliphatic rings. The maximum atomic E-state index is 12.3. The van der Waals surface area contributed by atoms with Gasteiger partial charge >= 0.3 is 0 Å². The fraction of sp³-hybridized carbons (Fsp3) is 0.111. The Morgan fingerprint density at radius 3 is 2.55 bits per heavy atom. The van der Waals surface area contributed by atoms with Crippen molar-refractivity contribution < 1.29 is 9.90 Å². The van der Waals surface area contributed by atoms with Gasteiger partial charge in [0, 0.05) is 4.47 Å². The van der Waals surface area contributed by atoms with Crippen LogP contribution in [-0.4, -0.2) is 10.9 Å². The van der Waals surface area contributed by atoms with Crippen molar-refractivity contribution in [1.29, 1.82) is 0 Å². The van der Waals surface area contributed by atoms with E-state index in [0.29, 0.717) is 4.47 Å².